The Labute approximate surface area is 82.9 Å². The van der Waals surface area contributed by atoms with Gasteiger partial charge in [0.15, 0.2) is 0 Å². The summed E-state index contributed by atoms with van der Waals surface area (Å²) in [6, 6.07) is 0. The molecule has 0 rings (SSSR count). The molecule has 0 atom stereocenters. The fourth-order valence-corrected chi connectivity index (χ4v) is 2.05. The zero-order chi connectivity index (χ0) is 9.56. The highest BCUT2D eigenvalue weighted by Crippen LogP contribution is 2.16. The Bertz CT molecular complexity index is 139. The van der Waals surface area contributed by atoms with E-state index in [1.54, 1.807) is 26.5 Å². The van der Waals surface area contributed by atoms with Crippen molar-refractivity contribution >= 4 is 27.5 Å². The van der Waals surface area contributed by atoms with Gasteiger partial charge in [-0.25, -0.2) is 0 Å². The monoisotopic (exact) mass is 207 g/mol. The molecule has 0 spiro atoms. The van der Waals surface area contributed by atoms with Gasteiger partial charge in [-0.1, -0.05) is 35.4 Å². The van der Waals surface area contributed by atoms with E-state index in [0.29, 0.717) is 0 Å². The van der Waals surface area contributed by atoms with Gasteiger partial charge in [0, 0.05) is 25.3 Å². The number of rotatable bonds is 5. The Hall–Kier alpha value is 0.170. The first-order valence-corrected chi connectivity index (χ1v) is 6.73. The van der Waals surface area contributed by atoms with Crippen molar-refractivity contribution < 1.29 is 4.79 Å². The zero-order valence-electron chi connectivity index (χ0n) is 8.16. The molecule has 0 aromatic carbocycles. The molecule has 0 aromatic rings. The topological polar surface area (TPSA) is 20.3 Å². The Morgan fingerprint density at radius 2 is 2.08 bits per heavy atom. The number of hydrogen-bond acceptors (Lipinski definition) is 3. The largest absolute Gasteiger partial charge is 0.345 e. The van der Waals surface area contributed by atoms with Crippen molar-refractivity contribution in [3.8, 4) is 0 Å². The molecule has 0 saturated heterocycles. The predicted molar refractivity (Wildman–Crippen MR) is 58.4 cm³/mol. The van der Waals surface area contributed by atoms with Gasteiger partial charge in [-0.3, -0.25) is 4.79 Å². The summed E-state index contributed by atoms with van der Waals surface area (Å²) in [6.45, 7) is 4.71. The summed E-state index contributed by atoms with van der Waals surface area (Å²) in [7, 11) is 5.40. The van der Waals surface area contributed by atoms with Crippen LogP contribution in [0.25, 0.3) is 0 Å². The Kier molecular flexibility index (Phi) is 6.76. The number of nitrogens with zero attached hydrogens (tertiary/aromatic N) is 1. The molecule has 1 amide bonds. The summed E-state index contributed by atoms with van der Waals surface area (Å²) in [4.78, 5) is 13.1. The third kappa shape index (κ3) is 4.93. The van der Waals surface area contributed by atoms with E-state index in [0.717, 1.165) is 12.3 Å². The van der Waals surface area contributed by atoms with Crippen molar-refractivity contribution in [2.45, 2.75) is 13.8 Å². The first kappa shape index (κ1) is 12.2. The lowest BCUT2D eigenvalue weighted by atomic mass is 10.2. The minimum atomic E-state index is 0.120. The van der Waals surface area contributed by atoms with Crippen LogP contribution in [0.3, 0.4) is 0 Å². The van der Waals surface area contributed by atoms with E-state index in [1.807, 2.05) is 20.9 Å². The molecule has 0 N–H and O–H groups in total. The van der Waals surface area contributed by atoms with Crippen molar-refractivity contribution in [3.63, 3.8) is 0 Å². The van der Waals surface area contributed by atoms with Crippen LogP contribution in [0.1, 0.15) is 13.8 Å². The number of carbonyl (C=O) groups is 1. The van der Waals surface area contributed by atoms with Crippen LogP contribution < -0.4 is 0 Å². The molecule has 0 fully saturated rings. The van der Waals surface area contributed by atoms with Gasteiger partial charge in [0.25, 0.3) is 0 Å². The molecule has 0 bridgehead atoms. The van der Waals surface area contributed by atoms with Gasteiger partial charge in [0.1, 0.15) is 0 Å². The lowest BCUT2D eigenvalue weighted by Crippen LogP contribution is -2.32. The minimum Gasteiger partial charge on any atom is -0.345 e. The summed E-state index contributed by atoms with van der Waals surface area (Å²) in [6.07, 6.45) is 2.05. The van der Waals surface area contributed by atoms with E-state index in [9.17, 15) is 4.79 Å². The van der Waals surface area contributed by atoms with Crippen molar-refractivity contribution in [3.05, 3.63) is 0 Å². The van der Waals surface area contributed by atoms with Gasteiger partial charge < -0.3 is 4.90 Å². The number of carbonyl (C=O) groups excluding carboxylic acids is 1. The molecular formula is C8H17NOS2. The van der Waals surface area contributed by atoms with Crippen LogP contribution in [0.15, 0.2) is 0 Å². The molecule has 0 aliphatic heterocycles. The summed E-state index contributed by atoms with van der Waals surface area (Å²) < 4.78 is 0. The lowest BCUT2D eigenvalue weighted by Gasteiger charge is -2.18. The van der Waals surface area contributed by atoms with E-state index >= 15 is 0 Å². The van der Waals surface area contributed by atoms with Crippen LogP contribution in [-0.2, 0) is 4.79 Å². The summed E-state index contributed by atoms with van der Waals surface area (Å²) >= 11 is 0. The summed E-state index contributed by atoms with van der Waals surface area (Å²) in [5, 5.41) is 0. The maximum absolute atomic E-state index is 11.3. The Morgan fingerprint density at radius 3 is 2.50 bits per heavy atom. The molecule has 0 radical (unpaired) electrons. The maximum Gasteiger partial charge on any atom is 0.224 e. The molecule has 0 unspecified atom stereocenters. The summed E-state index contributed by atoms with van der Waals surface area (Å²) in [5.74, 6) is 1.36. The molecule has 72 valence electrons. The van der Waals surface area contributed by atoms with Crippen molar-refractivity contribution in [2.24, 2.45) is 5.92 Å². The van der Waals surface area contributed by atoms with Crippen molar-refractivity contribution in [1.29, 1.82) is 0 Å². The first-order chi connectivity index (χ1) is 5.59. The van der Waals surface area contributed by atoms with E-state index in [-0.39, 0.29) is 11.8 Å². The van der Waals surface area contributed by atoms with Crippen LogP contribution in [-0.4, -0.2) is 36.4 Å². The van der Waals surface area contributed by atoms with Crippen LogP contribution in [0.2, 0.25) is 0 Å². The highest BCUT2D eigenvalue weighted by Gasteiger charge is 2.11. The normalized spacial score (nSPS) is 10.4. The predicted octanol–water partition coefficient (Wildman–Crippen LogP) is 2.11. The minimum absolute atomic E-state index is 0.120. The Morgan fingerprint density at radius 1 is 1.50 bits per heavy atom. The molecule has 2 nitrogen and oxygen atoms in total. The van der Waals surface area contributed by atoms with Gasteiger partial charge in [0.05, 0.1) is 0 Å². The second-order valence-corrected chi connectivity index (χ2v) is 5.59. The molecule has 0 aliphatic carbocycles. The molecule has 0 heterocycles. The second-order valence-electron chi connectivity index (χ2n) is 2.90. The van der Waals surface area contributed by atoms with Crippen LogP contribution in [0.5, 0.6) is 0 Å². The first-order valence-electron chi connectivity index (χ1n) is 4.00. The highest BCUT2D eigenvalue weighted by atomic mass is 33.1. The molecule has 12 heavy (non-hydrogen) atoms. The average molecular weight is 207 g/mol. The SMILES string of the molecule is CSSCCN(C)C(=O)C(C)C. The van der Waals surface area contributed by atoms with Gasteiger partial charge in [-0.05, 0) is 6.26 Å². The van der Waals surface area contributed by atoms with Crippen molar-refractivity contribution in [1.82, 2.24) is 4.90 Å². The van der Waals surface area contributed by atoms with E-state index in [1.165, 1.54) is 0 Å². The zero-order valence-corrected chi connectivity index (χ0v) is 9.80. The van der Waals surface area contributed by atoms with Crippen LogP contribution in [0, 0.1) is 5.92 Å². The second kappa shape index (κ2) is 6.66. The number of hydrogen-bond donors (Lipinski definition) is 0. The standard InChI is InChI=1S/C8H17NOS2/c1-7(2)8(10)9(3)5-6-12-11-4/h7H,5-6H2,1-4H3. The average Bonchev–Trinajstić information content (AvgIpc) is 2.03. The van der Waals surface area contributed by atoms with Gasteiger partial charge in [-0.2, -0.15) is 0 Å². The molecule has 4 heteroatoms. The highest BCUT2D eigenvalue weighted by molar-refractivity contribution is 8.76. The quantitative estimate of drug-likeness (QED) is 0.509. The van der Waals surface area contributed by atoms with E-state index < -0.39 is 0 Å². The molecular weight excluding hydrogens is 190 g/mol. The third-order valence-corrected chi connectivity index (χ3v) is 3.29. The Balaban J connectivity index is 3.57. The van der Waals surface area contributed by atoms with E-state index in [4.69, 9.17) is 0 Å². The lowest BCUT2D eigenvalue weighted by molar-refractivity contribution is -0.132. The third-order valence-electron chi connectivity index (χ3n) is 1.50. The maximum atomic E-state index is 11.3. The van der Waals surface area contributed by atoms with Crippen LogP contribution >= 0.6 is 21.6 Å². The van der Waals surface area contributed by atoms with Gasteiger partial charge in [0.2, 0.25) is 5.91 Å². The number of amides is 1. The summed E-state index contributed by atoms with van der Waals surface area (Å²) in [5.41, 5.74) is 0. The molecule has 0 aromatic heterocycles. The smallest absolute Gasteiger partial charge is 0.224 e. The fraction of sp³-hybridized carbons (Fsp3) is 0.875. The fourth-order valence-electron chi connectivity index (χ4n) is 0.808. The van der Waals surface area contributed by atoms with Gasteiger partial charge in [-0.15, -0.1) is 0 Å². The molecule has 0 aliphatic rings. The van der Waals surface area contributed by atoms with Gasteiger partial charge >= 0.3 is 0 Å². The van der Waals surface area contributed by atoms with E-state index in [2.05, 4.69) is 6.26 Å². The van der Waals surface area contributed by atoms with Crippen molar-refractivity contribution in [2.75, 3.05) is 25.6 Å². The van der Waals surface area contributed by atoms with Crippen LogP contribution in [0.4, 0.5) is 0 Å². The molecule has 0 saturated carbocycles.